The van der Waals surface area contributed by atoms with Crippen molar-refractivity contribution in [2.45, 2.75) is 19.8 Å². The molecule has 0 bridgehead atoms. The number of methoxy groups -OCH3 is 2. The number of carbonyl (C=O) groups is 1. The molecule has 2 aromatic carbocycles. The molecule has 0 unspecified atom stereocenters. The molecule has 2 heterocycles. The van der Waals surface area contributed by atoms with Crippen molar-refractivity contribution >= 4 is 33.8 Å². The molecule has 1 aliphatic heterocycles. The Morgan fingerprint density at radius 3 is 2.62 bits per heavy atom. The number of hydrogen-bond acceptors (Lipinski definition) is 8. The molecule has 9 nitrogen and oxygen atoms in total. The van der Waals surface area contributed by atoms with Crippen molar-refractivity contribution in [3.8, 4) is 22.8 Å². The van der Waals surface area contributed by atoms with Gasteiger partial charge in [-0.25, -0.2) is 4.98 Å². The minimum Gasteiger partial charge on any atom is -0.497 e. The molecular formula is C24H26N4O5S. The summed E-state index contributed by atoms with van der Waals surface area (Å²) < 4.78 is 10.7. The summed E-state index contributed by atoms with van der Waals surface area (Å²) in [6.45, 7) is 3.72. The molecule has 178 valence electrons. The molecule has 0 radical (unpaired) electrons. The van der Waals surface area contributed by atoms with E-state index in [9.17, 15) is 14.9 Å². The minimum atomic E-state index is -0.458. The lowest BCUT2D eigenvalue weighted by molar-refractivity contribution is -0.384. The van der Waals surface area contributed by atoms with Crippen LogP contribution in [0.15, 0.2) is 41.8 Å². The number of amides is 1. The molecule has 34 heavy (non-hydrogen) atoms. The Balaban J connectivity index is 1.54. The fourth-order valence-corrected chi connectivity index (χ4v) is 4.67. The van der Waals surface area contributed by atoms with Gasteiger partial charge in [0.05, 0.1) is 24.8 Å². The predicted molar refractivity (Wildman–Crippen MR) is 132 cm³/mol. The maximum Gasteiger partial charge on any atom is 0.293 e. The third kappa shape index (κ3) is 4.96. The highest BCUT2D eigenvalue weighted by Gasteiger charge is 2.25. The highest BCUT2D eigenvalue weighted by Crippen LogP contribution is 2.36. The zero-order valence-electron chi connectivity index (χ0n) is 19.2. The van der Waals surface area contributed by atoms with E-state index in [1.807, 2.05) is 11.0 Å². The van der Waals surface area contributed by atoms with Gasteiger partial charge in [0, 0.05) is 35.7 Å². The maximum absolute atomic E-state index is 12.9. The summed E-state index contributed by atoms with van der Waals surface area (Å²) >= 11 is 1.26. The van der Waals surface area contributed by atoms with E-state index in [2.05, 4.69) is 17.2 Å². The first-order chi connectivity index (χ1) is 16.4. The average Bonchev–Trinajstić information content (AvgIpc) is 3.32. The van der Waals surface area contributed by atoms with Gasteiger partial charge in [-0.1, -0.05) is 6.92 Å². The van der Waals surface area contributed by atoms with Crippen LogP contribution >= 0.6 is 11.3 Å². The molecule has 3 aromatic rings. The van der Waals surface area contributed by atoms with Crippen LogP contribution in [0.25, 0.3) is 11.3 Å². The molecule has 1 fully saturated rings. The van der Waals surface area contributed by atoms with Crippen molar-refractivity contribution in [3.05, 3.63) is 57.5 Å². The molecule has 0 aliphatic carbocycles. The number of aromatic nitrogens is 1. The van der Waals surface area contributed by atoms with Crippen LogP contribution in [-0.4, -0.2) is 43.1 Å². The third-order valence-corrected chi connectivity index (χ3v) is 6.72. The molecule has 1 N–H and O–H groups in total. The van der Waals surface area contributed by atoms with Gasteiger partial charge in [0.1, 0.15) is 17.2 Å². The van der Waals surface area contributed by atoms with Gasteiger partial charge in [0.15, 0.2) is 5.13 Å². The molecule has 1 amide bonds. The van der Waals surface area contributed by atoms with Crippen LogP contribution in [0.3, 0.4) is 0 Å². The number of benzene rings is 2. The summed E-state index contributed by atoms with van der Waals surface area (Å²) in [6, 6.07) is 10.0. The molecule has 0 atom stereocenters. The van der Waals surface area contributed by atoms with Gasteiger partial charge >= 0.3 is 0 Å². The second-order valence-corrected chi connectivity index (χ2v) is 9.05. The quantitative estimate of drug-likeness (QED) is 0.363. The van der Waals surface area contributed by atoms with Gasteiger partial charge in [-0.15, -0.1) is 11.3 Å². The number of nitro groups is 1. The van der Waals surface area contributed by atoms with E-state index >= 15 is 0 Å². The van der Waals surface area contributed by atoms with Crippen molar-refractivity contribution in [1.82, 2.24) is 4.98 Å². The molecule has 10 heteroatoms. The third-order valence-electron chi connectivity index (χ3n) is 5.97. The Labute approximate surface area is 201 Å². The van der Waals surface area contributed by atoms with Crippen LogP contribution in [-0.2, 0) is 0 Å². The highest BCUT2D eigenvalue weighted by atomic mass is 32.1. The molecule has 1 aliphatic rings. The summed E-state index contributed by atoms with van der Waals surface area (Å²) in [5.74, 6) is 1.44. The molecule has 1 aromatic heterocycles. The summed E-state index contributed by atoms with van der Waals surface area (Å²) in [5.41, 5.74) is 2.04. The van der Waals surface area contributed by atoms with Crippen molar-refractivity contribution in [1.29, 1.82) is 0 Å². The highest BCUT2D eigenvalue weighted by molar-refractivity contribution is 7.14. The van der Waals surface area contributed by atoms with E-state index in [1.165, 1.54) is 17.4 Å². The van der Waals surface area contributed by atoms with Crippen LogP contribution in [0, 0.1) is 16.0 Å². The van der Waals surface area contributed by atoms with Crippen LogP contribution < -0.4 is 19.7 Å². The van der Waals surface area contributed by atoms with Gasteiger partial charge in [0.2, 0.25) is 0 Å². The van der Waals surface area contributed by atoms with Gasteiger partial charge in [0.25, 0.3) is 11.6 Å². The Kier molecular flexibility index (Phi) is 6.97. The second-order valence-electron chi connectivity index (χ2n) is 8.19. The fourth-order valence-electron chi connectivity index (χ4n) is 3.97. The van der Waals surface area contributed by atoms with Crippen molar-refractivity contribution in [2.24, 2.45) is 5.92 Å². The summed E-state index contributed by atoms with van der Waals surface area (Å²) in [5, 5.41) is 16.7. The average molecular weight is 483 g/mol. The number of piperidine rings is 1. The van der Waals surface area contributed by atoms with E-state index < -0.39 is 10.8 Å². The van der Waals surface area contributed by atoms with Crippen molar-refractivity contribution < 1.29 is 19.2 Å². The van der Waals surface area contributed by atoms with Gasteiger partial charge < -0.3 is 14.4 Å². The molecular weight excluding hydrogens is 456 g/mol. The number of nitrogens with one attached hydrogen (secondary N) is 1. The Hall–Kier alpha value is -3.66. The topological polar surface area (TPSA) is 107 Å². The number of anilines is 2. The standard InChI is InChI=1S/C24H26N4O5S/c1-15-8-10-27(11-9-15)20-6-4-16(12-21(20)28(30)31)23(29)26-24-25-19(14-34-24)18-13-17(32-2)5-7-22(18)33-3/h4-7,12-15H,8-11H2,1-3H3,(H,25,26,29). The maximum atomic E-state index is 12.9. The summed E-state index contributed by atoms with van der Waals surface area (Å²) in [6.07, 6.45) is 1.98. The lowest BCUT2D eigenvalue weighted by Crippen LogP contribution is -2.33. The number of ether oxygens (including phenoxy) is 2. The first-order valence-electron chi connectivity index (χ1n) is 10.9. The van der Waals surface area contributed by atoms with Gasteiger partial charge in [-0.3, -0.25) is 20.2 Å². The number of carbonyl (C=O) groups excluding carboxylic acids is 1. The van der Waals surface area contributed by atoms with E-state index in [-0.39, 0.29) is 11.3 Å². The van der Waals surface area contributed by atoms with Crippen molar-refractivity contribution in [3.63, 3.8) is 0 Å². The normalized spacial score (nSPS) is 14.0. The van der Waals surface area contributed by atoms with Crippen LogP contribution in [0.5, 0.6) is 11.5 Å². The Bertz CT molecular complexity index is 1200. The van der Waals surface area contributed by atoms with Crippen molar-refractivity contribution in [2.75, 3.05) is 37.5 Å². The zero-order chi connectivity index (χ0) is 24.2. The number of nitro benzene ring substituents is 1. The van der Waals surface area contributed by atoms with E-state index in [1.54, 1.807) is 43.9 Å². The van der Waals surface area contributed by atoms with Gasteiger partial charge in [-0.05, 0) is 49.1 Å². The van der Waals surface area contributed by atoms with E-state index in [4.69, 9.17) is 9.47 Å². The zero-order valence-corrected chi connectivity index (χ0v) is 20.1. The summed E-state index contributed by atoms with van der Waals surface area (Å²) in [4.78, 5) is 30.7. The molecule has 4 rings (SSSR count). The molecule has 0 saturated carbocycles. The minimum absolute atomic E-state index is 0.0665. The largest absolute Gasteiger partial charge is 0.497 e. The monoisotopic (exact) mass is 482 g/mol. The summed E-state index contributed by atoms with van der Waals surface area (Å²) in [7, 11) is 3.15. The van der Waals surface area contributed by atoms with Crippen LogP contribution in [0.4, 0.5) is 16.5 Å². The number of hydrogen-bond donors (Lipinski definition) is 1. The van der Waals surface area contributed by atoms with E-state index in [0.29, 0.717) is 33.9 Å². The molecule has 0 spiro atoms. The Morgan fingerprint density at radius 2 is 1.94 bits per heavy atom. The number of rotatable bonds is 7. The second kappa shape index (κ2) is 10.1. The predicted octanol–water partition coefficient (Wildman–Crippen LogP) is 5.22. The Morgan fingerprint density at radius 1 is 1.18 bits per heavy atom. The number of thiazole rings is 1. The van der Waals surface area contributed by atoms with E-state index in [0.717, 1.165) is 31.5 Å². The molecule has 1 saturated heterocycles. The number of nitrogens with zero attached hydrogens (tertiary/aromatic N) is 3. The lowest BCUT2D eigenvalue weighted by Gasteiger charge is -2.31. The van der Waals surface area contributed by atoms with Crippen LogP contribution in [0.2, 0.25) is 0 Å². The first-order valence-corrected chi connectivity index (χ1v) is 11.8. The smallest absolute Gasteiger partial charge is 0.293 e. The lowest BCUT2D eigenvalue weighted by atomic mass is 9.98. The fraction of sp³-hybridized carbons (Fsp3) is 0.333. The SMILES string of the molecule is COc1ccc(OC)c(-c2csc(NC(=O)c3ccc(N4CCC(C)CC4)c([N+](=O)[O-])c3)n2)c1. The first kappa shape index (κ1) is 23.5. The van der Waals surface area contributed by atoms with Gasteiger partial charge in [-0.2, -0.15) is 0 Å². The van der Waals surface area contributed by atoms with Crippen LogP contribution in [0.1, 0.15) is 30.1 Å².